The van der Waals surface area contributed by atoms with Crippen LogP contribution in [0.2, 0.25) is 10.0 Å². The van der Waals surface area contributed by atoms with Gasteiger partial charge in [-0.1, -0.05) is 87.9 Å². The predicted octanol–water partition coefficient (Wildman–Crippen LogP) is 7.92. The van der Waals surface area contributed by atoms with Crippen molar-refractivity contribution in [2.45, 2.75) is 96.8 Å². The van der Waals surface area contributed by atoms with Crippen LogP contribution in [0.25, 0.3) is 0 Å². The molecule has 0 unspecified atom stereocenters. The Kier molecular flexibility index (Phi) is 15.6. The summed E-state index contributed by atoms with van der Waals surface area (Å²) in [4.78, 5) is 23.6. The van der Waals surface area contributed by atoms with E-state index in [9.17, 15) is 9.59 Å². The van der Waals surface area contributed by atoms with Crippen LogP contribution in [0.5, 0.6) is 5.75 Å². The fourth-order valence-corrected chi connectivity index (χ4v) is 3.43. The van der Waals surface area contributed by atoms with Crippen molar-refractivity contribution in [1.29, 1.82) is 0 Å². The SMILES string of the molecule is CCCCCCCCOC(=O)CCCCCCCCC(=O)Oc1cc(Cl)ccc1Cl. The number of halogens is 2. The van der Waals surface area contributed by atoms with Crippen LogP contribution in [0.1, 0.15) is 96.8 Å². The maximum atomic E-state index is 11.9. The normalized spacial score (nSPS) is 10.8. The van der Waals surface area contributed by atoms with Gasteiger partial charge in [-0.25, -0.2) is 0 Å². The van der Waals surface area contributed by atoms with E-state index >= 15 is 0 Å². The molecule has 4 nitrogen and oxygen atoms in total. The highest BCUT2D eigenvalue weighted by atomic mass is 35.5. The summed E-state index contributed by atoms with van der Waals surface area (Å²) in [5.74, 6) is -0.0733. The van der Waals surface area contributed by atoms with Gasteiger partial charge in [-0.3, -0.25) is 9.59 Å². The van der Waals surface area contributed by atoms with Gasteiger partial charge >= 0.3 is 11.9 Å². The van der Waals surface area contributed by atoms with Crippen LogP contribution in [0.3, 0.4) is 0 Å². The van der Waals surface area contributed by atoms with Crippen LogP contribution in [0.4, 0.5) is 0 Å². The Labute approximate surface area is 191 Å². The Morgan fingerprint density at radius 3 is 2.00 bits per heavy atom. The highest BCUT2D eigenvalue weighted by Gasteiger charge is 2.09. The zero-order valence-corrected chi connectivity index (χ0v) is 19.7. The molecular formula is C24H36Cl2O4. The third-order valence-electron chi connectivity index (χ3n) is 4.89. The van der Waals surface area contributed by atoms with E-state index in [0.717, 1.165) is 51.4 Å². The second kappa shape index (κ2) is 17.4. The monoisotopic (exact) mass is 458 g/mol. The summed E-state index contributed by atoms with van der Waals surface area (Å²) in [6.07, 6.45) is 13.7. The van der Waals surface area contributed by atoms with Crippen molar-refractivity contribution in [3.63, 3.8) is 0 Å². The maximum absolute atomic E-state index is 11.9. The summed E-state index contributed by atoms with van der Waals surface area (Å²) in [6, 6.07) is 4.80. The number of rotatable bonds is 17. The Balaban J connectivity index is 1.92. The van der Waals surface area contributed by atoms with Gasteiger partial charge < -0.3 is 9.47 Å². The van der Waals surface area contributed by atoms with Crippen LogP contribution in [-0.2, 0) is 14.3 Å². The Hall–Kier alpha value is -1.26. The van der Waals surface area contributed by atoms with Gasteiger partial charge in [0.05, 0.1) is 11.6 Å². The first-order chi connectivity index (χ1) is 14.5. The summed E-state index contributed by atoms with van der Waals surface area (Å²) in [6.45, 7) is 2.76. The second-order valence-electron chi connectivity index (χ2n) is 7.66. The van der Waals surface area contributed by atoms with E-state index in [4.69, 9.17) is 32.7 Å². The molecule has 0 saturated carbocycles. The summed E-state index contributed by atoms with van der Waals surface area (Å²) >= 11 is 11.9. The van der Waals surface area contributed by atoms with Gasteiger partial charge in [-0.05, 0) is 31.4 Å². The van der Waals surface area contributed by atoms with Crippen molar-refractivity contribution < 1.29 is 19.1 Å². The minimum Gasteiger partial charge on any atom is -0.466 e. The van der Waals surface area contributed by atoms with Gasteiger partial charge in [-0.2, -0.15) is 0 Å². The Morgan fingerprint density at radius 1 is 0.767 bits per heavy atom. The van der Waals surface area contributed by atoms with E-state index < -0.39 is 0 Å². The van der Waals surface area contributed by atoms with Crippen molar-refractivity contribution in [3.05, 3.63) is 28.2 Å². The van der Waals surface area contributed by atoms with Crippen molar-refractivity contribution >= 4 is 35.1 Å². The average molecular weight is 459 g/mol. The predicted molar refractivity (Wildman–Crippen MR) is 123 cm³/mol. The van der Waals surface area contributed by atoms with Crippen LogP contribution >= 0.6 is 23.2 Å². The van der Waals surface area contributed by atoms with Crippen molar-refractivity contribution in [2.24, 2.45) is 0 Å². The number of benzene rings is 1. The molecule has 0 spiro atoms. The first-order valence-corrected chi connectivity index (χ1v) is 12.1. The number of carbonyl (C=O) groups excluding carboxylic acids is 2. The zero-order valence-electron chi connectivity index (χ0n) is 18.2. The molecule has 0 N–H and O–H groups in total. The number of carbonyl (C=O) groups is 2. The molecule has 1 rings (SSSR count). The molecule has 0 fully saturated rings. The highest BCUT2D eigenvalue weighted by molar-refractivity contribution is 6.34. The van der Waals surface area contributed by atoms with Crippen molar-refractivity contribution in [1.82, 2.24) is 0 Å². The van der Waals surface area contributed by atoms with Gasteiger partial charge in [0.2, 0.25) is 0 Å². The smallest absolute Gasteiger partial charge is 0.311 e. The molecule has 0 saturated heterocycles. The first-order valence-electron chi connectivity index (χ1n) is 11.3. The molecule has 30 heavy (non-hydrogen) atoms. The molecule has 0 heterocycles. The summed E-state index contributed by atoms with van der Waals surface area (Å²) < 4.78 is 10.5. The van der Waals surface area contributed by atoms with Crippen LogP contribution < -0.4 is 4.74 Å². The first kappa shape index (κ1) is 26.8. The molecule has 0 aromatic heterocycles. The van der Waals surface area contributed by atoms with Crippen LogP contribution in [0.15, 0.2) is 18.2 Å². The van der Waals surface area contributed by atoms with E-state index in [1.165, 1.54) is 25.7 Å². The van der Waals surface area contributed by atoms with Gasteiger partial charge in [0, 0.05) is 23.9 Å². The van der Waals surface area contributed by atoms with Crippen LogP contribution in [0, 0.1) is 0 Å². The molecule has 0 aliphatic carbocycles. The number of esters is 2. The Morgan fingerprint density at radius 2 is 1.33 bits per heavy atom. The minimum atomic E-state index is -0.299. The quantitative estimate of drug-likeness (QED) is 0.135. The molecule has 0 bridgehead atoms. The second-order valence-corrected chi connectivity index (χ2v) is 8.50. The van der Waals surface area contributed by atoms with Gasteiger partial charge in [0.15, 0.2) is 5.75 Å². The van der Waals surface area contributed by atoms with Gasteiger partial charge in [-0.15, -0.1) is 0 Å². The molecule has 0 amide bonds. The number of unbranched alkanes of at least 4 members (excludes halogenated alkanes) is 10. The molecule has 1 aromatic rings. The third-order valence-corrected chi connectivity index (χ3v) is 5.44. The maximum Gasteiger partial charge on any atom is 0.311 e. The average Bonchev–Trinajstić information content (AvgIpc) is 2.72. The molecule has 6 heteroatoms. The fraction of sp³-hybridized carbons (Fsp3) is 0.667. The molecule has 0 atom stereocenters. The lowest BCUT2D eigenvalue weighted by Crippen LogP contribution is -2.07. The standard InChI is InChI=1S/C24H36Cl2O4/c1-2-3-4-5-10-13-18-29-23(27)14-11-8-6-7-9-12-15-24(28)30-22-19-20(25)16-17-21(22)26/h16-17,19H,2-15,18H2,1H3. The lowest BCUT2D eigenvalue weighted by atomic mass is 10.1. The summed E-state index contributed by atoms with van der Waals surface area (Å²) in [5, 5.41) is 0.853. The van der Waals surface area contributed by atoms with Crippen LogP contribution in [-0.4, -0.2) is 18.5 Å². The molecule has 1 aromatic carbocycles. The van der Waals surface area contributed by atoms with E-state index in [1.807, 2.05) is 0 Å². The highest BCUT2D eigenvalue weighted by Crippen LogP contribution is 2.28. The number of hydrogen-bond donors (Lipinski definition) is 0. The van der Waals surface area contributed by atoms with Gasteiger partial charge in [0.1, 0.15) is 0 Å². The largest absolute Gasteiger partial charge is 0.466 e. The minimum absolute atomic E-state index is 0.0778. The summed E-state index contributed by atoms with van der Waals surface area (Å²) in [7, 11) is 0. The number of ether oxygens (including phenoxy) is 2. The molecule has 170 valence electrons. The molecule has 0 aliphatic rings. The summed E-state index contributed by atoms with van der Waals surface area (Å²) in [5.41, 5.74) is 0. The zero-order chi connectivity index (χ0) is 22.0. The van der Waals surface area contributed by atoms with E-state index in [1.54, 1.807) is 18.2 Å². The van der Waals surface area contributed by atoms with E-state index in [2.05, 4.69) is 6.92 Å². The third kappa shape index (κ3) is 13.9. The lowest BCUT2D eigenvalue weighted by Gasteiger charge is -2.07. The molecule has 0 aliphatic heterocycles. The van der Waals surface area contributed by atoms with E-state index in [0.29, 0.717) is 35.2 Å². The molecular weight excluding hydrogens is 423 g/mol. The Bertz CT molecular complexity index is 619. The van der Waals surface area contributed by atoms with Gasteiger partial charge in [0.25, 0.3) is 0 Å². The number of hydrogen-bond acceptors (Lipinski definition) is 4. The van der Waals surface area contributed by atoms with Crippen molar-refractivity contribution in [2.75, 3.05) is 6.61 Å². The van der Waals surface area contributed by atoms with Crippen molar-refractivity contribution in [3.8, 4) is 5.75 Å². The molecule has 0 radical (unpaired) electrons. The van der Waals surface area contributed by atoms with E-state index in [-0.39, 0.29) is 11.9 Å². The fourth-order valence-electron chi connectivity index (χ4n) is 3.12. The lowest BCUT2D eigenvalue weighted by molar-refractivity contribution is -0.144. The topological polar surface area (TPSA) is 52.6 Å².